The van der Waals surface area contributed by atoms with Gasteiger partial charge in [0.05, 0.1) is 12.4 Å². The fraction of sp³-hybridized carbons (Fsp3) is 0.444. The van der Waals surface area contributed by atoms with Gasteiger partial charge in [0.25, 0.3) is 0 Å². The van der Waals surface area contributed by atoms with Crippen LogP contribution in [0.1, 0.15) is 23.2 Å². The van der Waals surface area contributed by atoms with Gasteiger partial charge in [0.15, 0.2) is 5.82 Å². The van der Waals surface area contributed by atoms with Gasteiger partial charge in [0.1, 0.15) is 0 Å². The van der Waals surface area contributed by atoms with Gasteiger partial charge in [-0.3, -0.25) is 0 Å². The maximum Gasteiger partial charge on any atom is 0.166 e. The van der Waals surface area contributed by atoms with E-state index in [1.807, 2.05) is 0 Å². The average molecular weight is 243 g/mol. The van der Waals surface area contributed by atoms with Crippen LogP contribution in [-0.4, -0.2) is 20.2 Å². The second kappa shape index (κ2) is 4.72. The summed E-state index contributed by atoms with van der Waals surface area (Å²) in [4.78, 5) is 1.30. The minimum absolute atomic E-state index is 0.347. The Morgan fingerprint density at radius 1 is 1.53 bits per heavy atom. The topological polar surface area (TPSA) is 43.6 Å². The molecule has 2 heterocycles. The summed E-state index contributed by atoms with van der Waals surface area (Å²) in [6.07, 6.45) is 1.04. The number of hydrogen-bond acceptors (Lipinski definition) is 4. The maximum atomic E-state index is 5.73. The van der Waals surface area contributed by atoms with Crippen molar-refractivity contribution in [3.05, 3.63) is 27.7 Å². The first kappa shape index (κ1) is 10.6. The monoisotopic (exact) mass is 242 g/mol. The number of tetrazole rings is 1. The van der Waals surface area contributed by atoms with E-state index in [9.17, 15) is 0 Å². The van der Waals surface area contributed by atoms with Gasteiger partial charge >= 0.3 is 0 Å². The smallest absolute Gasteiger partial charge is 0.166 e. The highest BCUT2D eigenvalue weighted by atomic mass is 35.5. The van der Waals surface area contributed by atoms with Crippen molar-refractivity contribution in [2.24, 2.45) is 0 Å². The normalized spacial score (nSPS) is 10.8. The Morgan fingerprint density at radius 2 is 2.40 bits per heavy atom. The summed E-state index contributed by atoms with van der Waals surface area (Å²) < 4.78 is 1.75. The van der Waals surface area contributed by atoms with Crippen molar-refractivity contribution < 1.29 is 0 Å². The number of rotatable bonds is 4. The fourth-order valence-electron chi connectivity index (χ4n) is 1.40. The van der Waals surface area contributed by atoms with Crippen LogP contribution < -0.4 is 0 Å². The SMILES string of the molecule is CCc1ccsc1Cn1nnnc1CCl. The van der Waals surface area contributed by atoms with Crippen LogP contribution in [-0.2, 0) is 18.8 Å². The molecule has 0 aliphatic heterocycles. The van der Waals surface area contributed by atoms with Gasteiger partial charge in [0.2, 0.25) is 0 Å². The number of aryl methyl sites for hydroxylation is 1. The molecule has 6 heteroatoms. The molecule has 0 aliphatic rings. The molecule has 0 fully saturated rings. The lowest BCUT2D eigenvalue weighted by atomic mass is 10.2. The van der Waals surface area contributed by atoms with E-state index in [1.165, 1.54) is 10.4 Å². The zero-order valence-electron chi connectivity index (χ0n) is 8.35. The molecule has 0 atom stereocenters. The number of halogens is 1. The van der Waals surface area contributed by atoms with Crippen LogP contribution in [0.4, 0.5) is 0 Å². The van der Waals surface area contributed by atoms with E-state index in [0.717, 1.165) is 13.0 Å². The molecule has 15 heavy (non-hydrogen) atoms. The number of aromatic nitrogens is 4. The zero-order chi connectivity index (χ0) is 10.7. The highest BCUT2D eigenvalue weighted by molar-refractivity contribution is 7.10. The van der Waals surface area contributed by atoms with Crippen molar-refractivity contribution in [1.29, 1.82) is 0 Å². The molecule has 0 radical (unpaired) electrons. The van der Waals surface area contributed by atoms with E-state index in [4.69, 9.17) is 11.6 Å². The Morgan fingerprint density at radius 3 is 3.13 bits per heavy atom. The van der Waals surface area contributed by atoms with Crippen LogP contribution in [0.3, 0.4) is 0 Å². The van der Waals surface area contributed by atoms with Gasteiger partial charge in [0, 0.05) is 4.88 Å². The van der Waals surface area contributed by atoms with Gasteiger partial charge in [-0.2, -0.15) is 0 Å². The molecule has 0 aromatic carbocycles. The van der Waals surface area contributed by atoms with Crippen molar-refractivity contribution in [2.45, 2.75) is 25.8 Å². The summed E-state index contributed by atoms with van der Waals surface area (Å²) in [6.45, 7) is 2.86. The summed E-state index contributed by atoms with van der Waals surface area (Å²) in [7, 11) is 0. The lowest BCUT2D eigenvalue weighted by Gasteiger charge is -2.02. The molecule has 0 unspecified atom stereocenters. The van der Waals surface area contributed by atoms with E-state index in [2.05, 4.69) is 33.9 Å². The van der Waals surface area contributed by atoms with Gasteiger partial charge in [-0.15, -0.1) is 28.0 Å². The molecular formula is C9H11ClN4S. The van der Waals surface area contributed by atoms with Crippen LogP contribution in [0.15, 0.2) is 11.4 Å². The van der Waals surface area contributed by atoms with E-state index >= 15 is 0 Å². The highest BCUT2D eigenvalue weighted by Crippen LogP contribution is 2.18. The number of hydrogen-bond donors (Lipinski definition) is 0. The van der Waals surface area contributed by atoms with Crippen LogP contribution in [0, 0.1) is 0 Å². The lowest BCUT2D eigenvalue weighted by Crippen LogP contribution is -2.06. The van der Waals surface area contributed by atoms with Gasteiger partial charge in [-0.25, -0.2) is 4.68 Å². The Hall–Kier alpha value is -0.940. The third-order valence-electron chi connectivity index (χ3n) is 2.24. The van der Waals surface area contributed by atoms with Crippen LogP contribution in [0.2, 0.25) is 0 Å². The predicted octanol–water partition coefficient (Wildman–Crippen LogP) is 2.08. The van der Waals surface area contributed by atoms with E-state index in [-0.39, 0.29) is 0 Å². The minimum atomic E-state index is 0.347. The van der Waals surface area contributed by atoms with Crippen molar-refractivity contribution >= 4 is 22.9 Å². The molecule has 0 spiro atoms. The molecule has 2 rings (SSSR count). The van der Waals surface area contributed by atoms with Crippen LogP contribution >= 0.6 is 22.9 Å². The molecule has 0 N–H and O–H groups in total. The molecule has 2 aromatic rings. The largest absolute Gasteiger partial charge is 0.223 e. The van der Waals surface area contributed by atoms with Crippen molar-refractivity contribution in [3.8, 4) is 0 Å². The Kier molecular flexibility index (Phi) is 3.33. The van der Waals surface area contributed by atoms with Crippen molar-refractivity contribution in [1.82, 2.24) is 20.2 Å². The first-order valence-electron chi connectivity index (χ1n) is 4.71. The second-order valence-corrected chi connectivity index (χ2v) is 4.38. The molecule has 0 saturated heterocycles. The Bertz CT molecular complexity index is 397. The number of alkyl halides is 1. The van der Waals surface area contributed by atoms with E-state index < -0.39 is 0 Å². The quantitative estimate of drug-likeness (QED) is 0.771. The second-order valence-electron chi connectivity index (χ2n) is 3.11. The van der Waals surface area contributed by atoms with Crippen molar-refractivity contribution in [2.75, 3.05) is 0 Å². The summed E-state index contributed by atoms with van der Waals surface area (Å²) >= 11 is 7.46. The van der Waals surface area contributed by atoms with Crippen LogP contribution in [0.25, 0.3) is 0 Å². The third kappa shape index (κ3) is 2.18. The number of thiophene rings is 1. The molecule has 0 aliphatic carbocycles. The predicted molar refractivity (Wildman–Crippen MR) is 60.2 cm³/mol. The average Bonchev–Trinajstić information content (AvgIpc) is 2.87. The molecule has 4 nitrogen and oxygen atoms in total. The zero-order valence-corrected chi connectivity index (χ0v) is 9.92. The standard InChI is InChI=1S/C9H11ClN4S/c1-2-7-3-4-15-8(7)6-14-9(5-10)11-12-13-14/h3-4H,2,5-6H2,1H3. The molecule has 80 valence electrons. The third-order valence-corrected chi connectivity index (χ3v) is 3.42. The fourth-order valence-corrected chi connectivity index (χ4v) is 2.55. The number of nitrogens with zero attached hydrogens (tertiary/aromatic N) is 4. The summed E-state index contributed by atoms with van der Waals surface area (Å²) in [6, 6.07) is 2.14. The molecule has 2 aromatic heterocycles. The summed E-state index contributed by atoms with van der Waals surface area (Å²) in [5, 5.41) is 13.5. The molecule has 0 amide bonds. The molecular weight excluding hydrogens is 232 g/mol. The Balaban J connectivity index is 2.21. The van der Waals surface area contributed by atoms with Crippen LogP contribution in [0.5, 0.6) is 0 Å². The minimum Gasteiger partial charge on any atom is -0.223 e. The molecule has 0 bridgehead atoms. The van der Waals surface area contributed by atoms with E-state index in [1.54, 1.807) is 16.0 Å². The summed E-state index contributed by atoms with van der Waals surface area (Å²) in [5.41, 5.74) is 1.36. The first-order chi connectivity index (χ1) is 7.35. The summed E-state index contributed by atoms with van der Waals surface area (Å²) in [5.74, 6) is 1.06. The molecule has 0 saturated carbocycles. The van der Waals surface area contributed by atoms with Gasteiger partial charge < -0.3 is 0 Å². The first-order valence-corrected chi connectivity index (χ1v) is 6.12. The highest BCUT2D eigenvalue weighted by Gasteiger charge is 2.08. The van der Waals surface area contributed by atoms with Gasteiger partial charge in [-0.05, 0) is 33.9 Å². The lowest BCUT2D eigenvalue weighted by molar-refractivity contribution is 0.633. The van der Waals surface area contributed by atoms with E-state index in [0.29, 0.717) is 11.7 Å². The van der Waals surface area contributed by atoms with Crippen molar-refractivity contribution in [3.63, 3.8) is 0 Å². The van der Waals surface area contributed by atoms with Gasteiger partial charge in [-0.1, -0.05) is 6.92 Å². The maximum absolute atomic E-state index is 5.73. The Labute approximate surface area is 96.9 Å².